The van der Waals surface area contributed by atoms with Crippen LogP contribution in [-0.4, -0.2) is 59.6 Å². The summed E-state index contributed by atoms with van der Waals surface area (Å²) in [6.07, 6.45) is -0.401. The second-order valence-corrected chi connectivity index (χ2v) is 7.94. The molecule has 2 heterocycles. The smallest absolute Gasteiger partial charge is 0.407 e. The maximum Gasteiger partial charge on any atom is 0.407 e. The fourth-order valence-electron chi connectivity index (χ4n) is 3.07. The molecule has 1 aliphatic heterocycles. The van der Waals surface area contributed by atoms with E-state index in [0.29, 0.717) is 0 Å². The van der Waals surface area contributed by atoms with E-state index in [4.69, 9.17) is 9.92 Å². The van der Waals surface area contributed by atoms with Gasteiger partial charge in [-0.15, -0.1) is 0 Å². The van der Waals surface area contributed by atoms with E-state index in [1.807, 2.05) is 0 Å². The number of benzene rings is 1. The highest BCUT2D eigenvalue weighted by atomic mass is 32.2. The van der Waals surface area contributed by atoms with E-state index in [1.54, 1.807) is 0 Å². The number of rotatable bonds is 5. The number of fused-ring (bicyclic) bond motifs is 1. The minimum Gasteiger partial charge on any atom is -0.465 e. The number of aromatic nitrogens is 2. The molecule has 12 heteroatoms. The van der Waals surface area contributed by atoms with Crippen LogP contribution in [0, 0.1) is 5.82 Å². The number of nitrogens with two attached hydrogens (primary N) is 1. The fourth-order valence-corrected chi connectivity index (χ4v) is 3.47. The Morgan fingerprint density at radius 3 is 2.71 bits per heavy atom. The van der Waals surface area contributed by atoms with Gasteiger partial charge >= 0.3 is 6.09 Å². The van der Waals surface area contributed by atoms with Crippen LogP contribution in [0.5, 0.6) is 0 Å². The Hall–Kier alpha value is -2.99. The van der Waals surface area contributed by atoms with Crippen LogP contribution in [0.2, 0.25) is 0 Å². The summed E-state index contributed by atoms with van der Waals surface area (Å²) >= 11 is 0. The number of amides is 2. The molecule has 28 heavy (non-hydrogen) atoms. The van der Waals surface area contributed by atoms with Crippen LogP contribution in [0.4, 0.5) is 9.18 Å². The number of carbonyl (C=O) groups is 2. The van der Waals surface area contributed by atoms with Crippen molar-refractivity contribution in [1.82, 2.24) is 14.7 Å². The molecule has 0 bridgehead atoms. The Labute approximate surface area is 159 Å². The van der Waals surface area contributed by atoms with Gasteiger partial charge in [0.15, 0.2) is 0 Å². The van der Waals surface area contributed by atoms with Crippen LogP contribution in [0.1, 0.15) is 22.1 Å². The standard InChI is InChI=1S/C16H17FN4O6S/c1-28(25,26)27-8-11-6-20(16(23)24)7-12-13(15(18)22)14(19-21(11)12)9-3-2-4-10(17)5-9/h2-5,11H,6-8H2,1H3,(H2,18,22)(H,23,24). The van der Waals surface area contributed by atoms with Crippen molar-refractivity contribution < 1.29 is 31.7 Å². The van der Waals surface area contributed by atoms with Gasteiger partial charge in [0.2, 0.25) is 0 Å². The van der Waals surface area contributed by atoms with Gasteiger partial charge in [0, 0.05) is 12.1 Å². The highest BCUT2D eigenvalue weighted by Gasteiger charge is 2.35. The third-order valence-electron chi connectivity index (χ3n) is 4.22. The van der Waals surface area contributed by atoms with Gasteiger partial charge in [-0.1, -0.05) is 12.1 Å². The summed E-state index contributed by atoms with van der Waals surface area (Å²) in [6, 6.07) is 4.52. The molecule has 0 fully saturated rings. The van der Waals surface area contributed by atoms with E-state index in [0.717, 1.165) is 17.2 Å². The van der Waals surface area contributed by atoms with Gasteiger partial charge in [-0.25, -0.2) is 9.18 Å². The van der Waals surface area contributed by atoms with Gasteiger partial charge in [-0.2, -0.15) is 13.5 Å². The molecule has 3 rings (SSSR count). The van der Waals surface area contributed by atoms with Crippen LogP contribution >= 0.6 is 0 Å². The Bertz CT molecular complexity index is 1050. The average Bonchev–Trinajstić information content (AvgIpc) is 2.98. The quantitative estimate of drug-likeness (QED) is 0.691. The summed E-state index contributed by atoms with van der Waals surface area (Å²) in [7, 11) is -3.79. The van der Waals surface area contributed by atoms with Gasteiger partial charge in [0.25, 0.3) is 16.0 Å². The maximum atomic E-state index is 13.6. The zero-order chi connectivity index (χ0) is 20.6. The minimum atomic E-state index is -3.79. The van der Waals surface area contributed by atoms with Crippen LogP contribution in [0.3, 0.4) is 0 Å². The maximum absolute atomic E-state index is 13.6. The van der Waals surface area contributed by atoms with Crippen molar-refractivity contribution in [2.75, 3.05) is 19.4 Å². The first-order valence-electron chi connectivity index (χ1n) is 8.06. The molecule has 1 unspecified atom stereocenters. The van der Waals surface area contributed by atoms with Crippen molar-refractivity contribution in [2.45, 2.75) is 12.6 Å². The van der Waals surface area contributed by atoms with E-state index in [1.165, 1.54) is 22.9 Å². The summed E-state index contributed by atoms with van der Waals surface area (Å²) < 4.78 is 42.5. The number of carbonyl (C=O) groups excluding carboxylic acids is 1. The lowest BCUT2D eigenvalue weighted by molar-refractivity contribution is 0.0972. The second kappa shape index (κ2) is 7.20. The van der Waals surface area contributed by atoms with E-state index < -0.39 is 40.6 Å². The van der Waals surface area contributed by atoms with Gasteiger partial charge in [-0.05, 0) is 12.1 Å². The first kappa shape index (κ1) is 19.8. The van der Waals surface area contributed by atoms with Gasteiger partial charge in [0.1, 0.15) is 11.5 Å². The lowest BCUT2D eigenvalue weighted by atomic mass is 10.0. The van der Waals surface area contributed by atoms with Crippen molar-refractivity contribution in [1.29, 1.82) is 0 Å². The first-order valence-corrected chi connectivity index (χ1v) is 9.88. The molecule has 0 spiro atoms. The summed E-state index contributed by atoms with van der Waals surface area (Å²) in [5.74, 6) is -1.42. The lowest BCUT2D eigenvalue weighted by Crippen LogP contribution is -2.43. The summed E-state index contributed by atoms with van der Waals surface area (Å²) in [6.45, 7) is -0.691. The molecular weight excluding hydrogens is 395 g/mol. The van der Waals surface area contributed by atoms with Crippen molar-refractivity contribution in [3.8, 4) is 11.3 Å². The monoisotopic (exact) mass is 412 g/mol. The SMILES string of the molecule is CS(=O)(=O)OCC1CN(C(=O)O)Cc2c(C(N)=O)c(-c3cccc(F)c3)nn21. The Balaban J connectivity index is 2.14. The summed E-state index contributed by atoms with van der Waals surface area (Å²) in [5.41, 5.74) is 5.98. The average molecular weight is 412 g/mol. The lowest BCUT2D eigenvalue weighted by Gasteiger charge is -2.32. The van der Waals surface area contributed by atoms with Crippen molar-refractivity contribution in [2.24, 2.45) is 5.73 Å². The highest BCUT2D eigenvalue weighted by Crippen LogP contribution is 2.32. The molecule has 3 N–H and O–H groups in total. The van der Waals surface area contributed by atoms with Gasteiger partial charge in [-0.3, -0.25) is 13.7 Å². The van der Waals surface area contributed by atoms with E-state index in [-0.39, 0.29) is 35.6 Å². The largest absolute Gasteiger partial charge is 0.465 e. The Kier molecular flexibility index (Phi) is 5.08. The van der Waals surface area contributed by atoms with Crippen molar-refractivity contribution >= 4 is 22.1 Å². The molecular formula is C16H17FN4O6S. The molecule has 2 aromatic rings. The molecule has 1 aliphatic rings. The van der Waals surface area contributed by atoms with E-state index >= 15 is 0 Å². The normalized spacial score (nSPS) is 16.6. The molecule has 1 aromatic heterocycles. The Morgan fingerprint density at radius 1 is 1.43 bits per heavy atom. The summed E-state index contributed by atoms with van der Waals surface area (Å²) in [5, 5.41) is 13.7. The third kappa shape index (κ3) is 3.97. The molecule has 150 valence electrons. The highest BCUT2D eigenvalue weighted by molar-refractivity contribution is 7.85. The second-order valence-electron chi connectivity index (χ2n) is 6.30. The van der Waals surface area contributed by atoms with Gasteiger partial charge in [0.05, 0.1) is 36.7 Å². The number of hydrogen-bond donors (Lipinski definition) is 2. The molecule has 0 aliphatic carbocycles. The minimum absolute atomic E-state index is 0.0547. The van der Waals surface area contributed by atoms with Crippen LogP contribution < -0.4 is 5.73 Å². The number of carboxylic acid groups (broad SMARTS) is 1. The fraction of sp³-hybridized carbons (Fsp3) is 0.312. The molecule has 10 nitrogen and oxygen atoms in total. The first-order chi connectivity index (χ1) is 13.1. The zero-order valence-corrected chi connectivity index (χ0v) is 15.5. The van der Waals surface area contributed by atoms with E-state index in [2.05, 4.69) is 5.10 Å². The number of primary amides is 1. The predicted molar refractivity (Wildman–Crippen MR) is 94.4 cm³/mol. The molecule has 1 atom stereocenters. The van der Waals surface area contributed by atoms with Crippen LogP contribution in [0.15, 0.2) is 24.3 Å². The topological polar surface area (TPSA) is 145 Å². The number of hydrogen-bond acceptors (Lipinski definition) is 6. The van der Waals surface area contributed by atoms with Crippen molar-refractivity contribution in [3.05, 3.63) is 41.3 Å². The molecule has 1 aromatic carbocycles. The zero-order valence-electron chi connectivity index (χ0n) is 14.7. The molecule has 0 saturated carbocycles. The number of halogens is 1. The molecule has 0 saturated heterocycles. The summed E-state index contributed by atoms with van der Waals surface area (Å²) in [4.78, 5) is 24.6. The third-order valence-corrected chi connectivity index (χ3v) is 4.78. The van der Waals surface area contributed by atoms with Crippen LogP contribution in [-0.2, 0) is 20.8 Å². The number of nitrogens with zero attached hydrogens (tertiary/aromatic N) is 3. The van der Waals surface area contributed by atoms with E-state index in [9.17, 15) is 27.5 Å². The molecule has 0 radical (unpaired) electrons. The van der Waals surface area contributed by atoms with Crippen molar-refractivity contribution in [3.63, 3.8) is 0 Å². The Morgan fingerprint density at radius 2 is 2.14 bits per heavy atom. The van der Waals surface area contributed by atoms with Crippen LogP contribution in [0.25, 0.3) is 11.3 Å². The van der Waals surface area contributed by atoms with Gasteiger partial charge < -0.3 is 15.7 Å². The molecule has 2 amide bonds. The predicted octanol–water partition coefficient (Wildman–Crippen LogP) is 0.799.